The number of likely N-dealkylation sites (N-methyl/N-ethyl adjacent to an activating group) is 1. The quantitative estimate of drug-likeness (QED) is 0.474. The van der Waals surface area contributed by atoms with Crippen molar-refractivity contribution in [1.82, 2.24) is 10.3 Å². The van der Waals surface area contributed by atoms with Crippen LogP contribution in [0.5, 0.6) is 0 Å². The van der Waals surface area contributed by atoms with Gasteiger partial charge < -0.3 is 10.0 Å². The van der Waals surface area contributed by atoms with Crippen molar-refractivity contribution >= 4 is 24.0 Å². The molecule has 0 saturated carbocycles. The Morgan fingerprint density at radius 2 is 1.76 bits per heavy atom. The molecule has 7 heteroatoms. The lowest BCUT2D eigenvalue weighted by molar-refractivity contribution is -0.145. The smallest absolute Gasteiger partial charge is 0.335 e. The van der Waals surface area contributed by atoms with E-state index in [0.717, 1.165) is 0 Å². The van der Waals surface area contributed by atoms with Crippen LogP contribution in [0.4, 0.5) is 0 Å². The summed E-state index contributed by atoms with van der Waals surface area (Å²) in [5.74, 6) is -2.47. The van der Waals surface area contributed by atoms with E-state index < -0.39 is 17.8 Å². The molecule has 1 aromatic rings. The third-order valence-corrected chi connectivity index (χ3v) is 2.78. The van der Waals surface area contributed by atoms with E-state index >= 15 is 0 Å². The standard InChI is InChI=1S/C14H17N3O4/c1-3-17(4-2)13(19)12(18)16-15-9-10-5-7-11(8-6-10)14(20)21/h5-9H,3-4H2,1-2H3,(H,16,18)(H,20,21)/b15-9-. The highest BCUT2D eigenvalue weighted by atomic mass is 16.4. The molecule has 2 N–H and O–H groups in total. The molecule has 21 heavy (non-hydrogen) atoms. The molecule has 2 amide bonds. The number of nitrogens with one attached hydrogen (secondary N) is 1. The zero-order chi connectivity index (χ0) is 15.8. The fourth-order valence-electron chi connectivity index (χ4n) is 1.58. The van der Waals surface area contributed by atoms with Gasteiger partial charge in [0.2, 0.25) is 0 Å². The summed E-state index contributed by atoms with van der Waals surface area (Å²) < 4.78 is 0. The second-order valence-corrected chi connectivity index (χ2v) is 4.10. The maximum Gasteiger partial charge on any atom is 0.335 e. The first-order valence-electron chi connectivity index (χ1n) is 6.45. The predicted molar refractivity (Wildman–Crippen MR) is 77.1 cm³/mol. The van der Waals surface area contributed by atoms with E-state index in [1.54, 1.807) is 26.0 Å². The maximum atomic E-state index is 11.6. The van der Waals surface area contributed by atoms with E-state index in [1.807, 2.05) is 0 Å². The van der Waals surface area contributed by atoms with Crippen molar-refractivity contribution in [1.29, 1.82) is 0 Å². The average molecular weight is 291 g/mol. The molecule has 0 atom stereocenters. The van der Waals surface area contributed by atoms with Crippen LogP contribution < -0.4 is 5.43 Å². The van der Waals surface area contributed by atoms with Gasteiger partial charge in [-0.05, 0) is 31.5 Å². The van der Waals surface area contributed by atoms with Gasteiger partial charge >= 0.3 is 17.8 Å². The minimum absolute atomic E-state index is 0.160. The van der Waals surface area contributed by atoms with Crippen LogP contribution in [-0.2, 0) is 9.59 Å². The normalized spacial score (nSPS) is 10.4. The van der Waals surface area contributed by atoms with Gasteiger partial charge in [0.15, 0.2) is 0 Å². The number of carbonyl (C=O) groups is 3. The molecule has 7 nitrogen and oxygen atoms in total. The number of hydrogen-bond acceptors (Lipinski definition) is 4. The van der Waals surface area contributed by atoms with E-state index in [2.05, 4.69) is 10.5 Å². The summed E-state index contributed by atoms with van der Waals surface area (Å²) in [6.07, 6.45) is 1.33. The van der Waals surface area contributed by atoms with E-state index in [9.17, 15) is 14.4 Å². The molecule has 112 valence electrons. The van der Waals surface area contributed by atoms with Crippen LogP contribution in [0.15, 0.2) is 29.4 Å². The average Bonchev–Trinajstić information content (AvgIpc) is 2.48. The van der Waals surface area contributed by atoms with E-state index in [-0.39, 0.29) is 5.56 Å². The Labute approximate surface area is 122 Å². The van der Waals surface area contributed by atoms with Crippen LogP contribution in [0, 0.1) is 0 Å². The molecule has 0 bridgehead atoms. The zero-order valence-corrected chi connectivity index (χ0v) is 11.9. The Balaban J connectivity index is 2.59. The fourth-order valence-corrected chi connectivity index (χ4v) is 1.58. The zero-order valence-electron chi connectivity index (χ0n) is 11.9. The van der Waals surface area contributed by atoms with Crippen molar-refractivity contribution in [2.45, 2.75) is 13.8 Å². The largest absolute Gasteiger partial charge is 0.478 e. The van der Waals surface area contributed by atoms with Crippen molar-refractivity contribution in [2.75, 3.05) is 13.1 Å². The van der Waals surface area contributed by atoms with Crippen LogP contribution in [0.2, 0.25) is 0 Å². The Bertz CT molecular complexity index is 548. The first-order valence-corrected chi connectivity index (χ1v) is 6.45. The summed E-state index contributed by atoms with van der Waals surface area (Å²) >= 11 is 0. The van der Waals surface area contributed by atoms with Crippen LogP contribution in [0.3, 0.4) is 0 Å². The van der Waals surface area contributed by atoms with Gasteiger partial charge in [-0.2, -0.15) is 5.10 Å². The summed E-state index contributed by atoms with van der Waals surface area (Å²) in [4.78, 5) is 35.2. The minimum atomic E-state index is -1.02. The van der Waals surface area contributed by atoms with Crippen molar-refractivity contribution in [3.63, 3.8) is 0 Å². The number of carboxylic acid groups (broad SMARTS) is 1. The molecule has 0 radical (unpaired) electrons. The van der Waals surface area contributed by atoms with Gasteiger partial charge in [0, 0.05) is 13.1 Å². The highest BCUT2D eigenvalue weighted by molar-refractivity contribution is 6.34. The maximum absolute atomic E-state index is 11.6. The van der Waals surface area contributed by atoms with Crippen LogP contribution in [0.25, 0.3) is 0 Å². The van der Waals surface area contributed by atoms with Gasteiger partial charge in [0.05, 0.1) is 11.8 Å². The molecule has 1 rings (SSSR count). The third kappa shape index (κ3) is 4.72. The van der Waals surface area contributed by atoms with Crippen LogP contribution >= 0.6 is 0 Å². The van der Waals surface area contributed by atoms with Gasteiger partial charge in [-0.15, -0.1) is 0 Å². The Morgan fingerprint density at radius 3 is 2.24 bits per heavy atom. The van der Waals surface area contributed by atoms with E-state index in [0.29, 0.717) is 18.7 Å². The predicted octanol–water partition coefficient (Wildman–Crippen LogP) is 0.703. The Morgan fingerprint density at radius 1 is 1.19 bits per heavy atom. The summed E-state index contributed by atoms with van der Waals surface area (Å²) in [6, 6.07) is 5.94. The first-order chi connectivity index (χ1) is 9.99. The lowest BCUT2D eigenvalue weighted by Gasteiger charge is -2.16. The third-order valence-electron chi connectivity index (χ3n) is 2.78. The monoisotopic (exact) mass is 291 g/mol. The number of amides is 2. The summed E-state index contributed by atoms with van der Waals surface area (Å²) in [5, 5.41) is 12.4. The molecule has 0 spiro atoms. The number of aromatic carboxylic acids is 1. The molecular weight excluding hydrogens is 274 g/mol. The van der Waals surface area contributed by atoms with E-state index in [4.69, 9.17) is 5.11 Å². The van der Waals surface area contributed by atoms with Gasteiger partial charge in [-0.25, -0.2) is 10.2 Å². The lowest BCUT2D eigenvalue weighted by atomic mass is 10.1. The number of carbonyl (C=O) groups excluding carboxylic acids is 2. The van der Waals surface area contributed by atoms with Crippen molar-refractivity contribution < 1.29 is 19.5 Å². The van der Waals surface area contributed by atoms with E-state index in [1.165, 1.54) is 23.2 Å². The van der Waals surface area contributed by atoms with Crippen LogP contribution in [0.1, 0.15) is 29.8 Å². The molecule has 1 aromatic carbocycles. The molecular formula is C14H17N3O4. The molecule has 0 aliphatic heterocycles. The molecule has 0 aliphatic carbocycles. The molecule has 0 fully saturated rings. The number of benzene rings is 1. The van der Waals surface area contributed by atoms with Crippen molar-refractivity contribution in [3.05, 3.63) is 35.4 Å². The molecule has 0 aliphatic rings. The van der Waals surface area contributed by atoms with Gasteiger partial charge in [0.1, 0.15) is 0 Å². The number of rotatable bonds is 5. The molecule has 0 saturated heterocycles. The Hall–Kier alpha value is -2.70. The highest BCUT2D eigenvalue weighted by Gasteiger charge is 2.18. The first kappa shape index (κ1) is 16.4. The molecule has 0 unspecified atom stereocenters. The second-order valence-electron chi connectivity index (χ2n) is 4.10. The van der Waals surface area contributed by atoms with Crippen LogP contribution in [-0.4, -0.2) is 47.1 Å². The summed E-state index contributed by atoms with van der Waals surface area (Å²) in [5.41, 5.74) is 2.91. The van der Waals surface area contributed by atoms with Crippen molar-refractivity contribution in [3.8, 4) is 0 Å². The lowest BCUT2D eigenvalue weighted by Crippen LogP contribution is -2.41. The SMILES string of the molecule is CCN(CC)C(=O)C(=O)N/N=C\c1ccc(C(=O)O)cc1. The fraction of sp³-hybridized carbons (Fsp3) is 0.286. The summed E-state index contributed by atoms with van der Waals surface area (Å²) in [6.45, 7) is 4.45. The minimum Gasteiger partial charge on any atom is -0.478 e. The highest BCUT2D eigenvalue weighted by Crippen LogP contribution is 2.02. The number of carboxylic acids is 1. The topological polar surface area (TPSA) is 99.1 Å². The number of hydrogen-bond donors (Lipinski definition) is 2. The van der Waals surface area contributed by atoms with Gasteiger partial charge in [-0.3, -0.25) is 9.59 Å². The Kier molecular flexibility index (Phi) is 6.06. The number of nitrogens with zero attached hydrogens (tertiary/aromatic N) is 2. The van der Waals surface area contributed by atoms with Crippen molar-refractivity contribution in [2.24, 2.45) is 5.10 Å². The second kappa shape index (κ2) is 7.78. The molecule has 0 heterocycles. The van der Waals surface area contributed by atoms with Gasteiger partial charge in [-0.1, -0.05) is 12.1 Å². The molecule has 0 aromatic heterocycles. The summed E-state index contributed by atoms with van der Waals surface area (Å²) in [7, 11) is 0. The van der Waals surface area contributed by atoms with Gasteiger partial charge in [0.25, 0.3) is 0 Å². The number of hydrazone groups is 1.